The summed E-state index contributed by atoms with van der Waals surface area (Å²) in [6.07, 6.45) is 2.86. The molecular formula is C14H22N2O. The average molecular weight is 234 g/mol. The van der Waals surface area contributed by atoms with Crippen LogP contribution in [0, 0.1) is 0 Å². The third-order valence-electron chi connectivity index (χ3n) is 3.25. The van der Waals surface area contributed by atoms with E-state index >= 15 is 0 Å². The van der Waals surface area contributed by atoms with Crippen LogP contribution < -0.4 is 5.73 Å². The van der Waals surface area contributed by atoms with E-state index in [2.05, 4.69) is 24.0 Å². The quantitative estimate of drug-likeness (QED) is 0.812. The van der Waals surface area contributed by atoms with Crippen LogP contribution >= 0.6 is 0 Å². The van der Waals surface area contributed by atoms with Gasteiger partial charge in [-0.15, -0.1) is 0 Å². The Hall–Kier alpha value is -1.06. The molecule has 1 fully saturated rings. The second kappa shape index (κ2) is 6.03. The van der Waals surface area contributed by atoms with Crippen molar-refractivity contribution in [2.75, 3.05) is 25.4 Å². The summed E-state index contributed by atoms with van der Waals surface area (Å²) in [5.74, 6) is 0. The van der Waals surface area contributed by atoms with Crippen molar-refractivity contribution in [2.24, 2.45) is 0 Å². The van der Waals surface area contributed by atoms with Gasteiger partial charge in [0.1, 0.15) is 0 Å². The van der Waals surface area contributed by atoms with Crippen molar-refractivity contribution in [1.82, 2.24) is 4.90 Å². The van der Waals surface area contributed by atoms with Crippen LogP contribution in [-0.4, -0.2) is 30.7 Å². The van der Waals surface area contributed by atoms with E-state index in [1.165, 1.54) is 24.9 Å². The summed E-state index contributed by atoms with van der Waals surface area (Å²) in [5, 5.41) is 0. The molecule has 0 spiro atoms. The zero-order valence-corrected chi connectivity index (χ0v) is 10.6. The van der Waals surface area contributed by atoms with Gasteiger partial charge < -0.3 is 10.5 Å². The number of piperidine rings is 1. The zero-order valence-electron chi connectivity index (χ0n) is 10.6. The molecule has 1 heterocycles. The Bertz CT molecular complexity index is 335. The van der Waals surface area contributed by atoms with Gasteiger partial charge in [0.25, 0.3) is 0 Å². The van der Waals surface area contributed by atoms with Gasteiger partial charge in [0.05, 0.1) is 6.10 Å². The molecule has 1 aromatic rings. The number of likely N-dealkylation sites (tertiary alicyclic amines) is 1. The van der Waals surface area contributed by atoms with Crippen LogP contribution in [0.5, 0.6) is 0 Å². The molecule has 2 N–H and O–H groups in total. The second-order valence-corrected chi connectivity index (χ2v) is 4.70. The van der Waals surface area contributed by atoms with Crippen LogP contribution in [0.4, 0.5) is 5.69 Å². The van der Waals surface area contributed by atoms with E-state index < -0.39 is 0 Å². The number of hydrogen-bond acceptors (Lipinski definition) is 3. The molecule has 2 rings (SSSR count). The lowest BCUT2D eigenvalue weighted by molar-refractivity contribution is 0.00363. The highest BCUT2D eigenvalue weighted by Gasteiger charge is 2.19. The minimum atomic E-state index is 0.419. The maximum atomic E-state index is 5.71. The molecule has 0 aromatic heterocycles. The monoisotopic (exact) mass is 234 g/mol. The van der Waals surface area contributed by atoms with Crippen LogP contribution in [0.25, 0.3) is 0 Å². The Kier molecular flexibility index (Phi) is 4.40. The largest absolute Gasteiger partial charge is 0.399 e. The van der Waals surface area contributed by atoms with Gasteiger partial charge in [0.15, 0.2) is 0 Å². The fourth-order valence-corrected chi connectivity index (χ4v) is 2.41. The molecule has 0 aliphatic carbocycles. The van der Waals surface area contributed by atoms with Crippen LogP contribution in [0.1, 0.15) is 25.3 Å². The maximum absolute atomic E-state index is 5.71. The number of anilines is 1. The molecule has 0 bridgehead atoms. The normalized spacial score (nSPS) is 21.6. The van der Waals surface area contributed by atoms with Crippen LogP contribution in [0.15, 0.2) is 24.3 Å². The molecule has 1 atom stereocenters. The summed E-state index contributed by atoms with van der Waals surface area (Å²) < 4.78 is 5.71. The maximum Gasteiger partial charge on any atom is 0.0702 e. The molecule has 1 unspecified atom stereocenters. The van der Waals surface area contributed by atoms with Crippen molar-refractivity contribution < 1.29 is 4.74 Å². The number of benzene rings is 1. The molecule has 17 heavy (non-hydrogen) atoms. The third-order valence-corrected chi connectivity index (χ3v) is 3.25. The van der Waals surface area contributed by atoms with Crippen molar-refractivity contribution in [3.63, 3.8) is 0 Å². The van der Waals surface area contributed by atoms with Crippen molar-refractivity contribution in [2.45, 2.75) is 32.4 Å². The van der Waals surface area contributed by atoms with E-state index in [4.69, 9.17) is 10.5 Å². The first-order valence-corrected chi connectivity index (χ1v) is 6.46. The molecule has 0 amide bonds. The van der Waals surface area contributed by atoms with E-state index in [0.29, 0.717) is 6.10 Å². The van der Waals surface area contributed by atoms with Gasteiger partial charge in [-0.1, -0.05) is 12.1 Å². The Morgan fingerprint density at radius 1 is 1.35 bits per heavy atom. The zero-order chi connectivity index (χ0) is 12.1. The van der Waals surface area contributed by atoms with Crippen molar-refractivity contribution in [1.29, 1.82) is 0 Å². The van der Waals surface area contributed by atoms with E-state index in [-0.39, 0.29) is 0 Å². The summed E-state index contributed by atoms with van der Waals surface area (Å²) >= 11 is 0. The van der Waals surface area contributed by atoms with Gasteiger partial charge in [0, 0.05) is 25.4 Å². The summed E-state index contributed by atoms with van der Waals surface area (Å²) in [7, 11) is 0. The van der Waals surface area contributed by atoms with E-state index in [9.17, 15) is 0 Å². The Morgan fingerprint density at radius 3 is 2.82 bits per heavy atom. The highest BCUT2D eigenvalue weighted by Crippen LogP contribution is 2.16. The third kappa shape index (κ3) is 3.72. The van der Waals surface area contributed by atoms with Crippen molar-refractivity contribution in [3.05, 3.63) is 29.8 Å². The van der Waals surface area contributed by atoms with Gasteiger partial charge >= 0.3 is 0 Å². The number of nitrogens with zero attached hydrogens (tertiary/aromatic N) is 1. The topological polar surface area (TPSA) is 38.5 Å². The van der Waals surface area contributed by atoms with Crippen LogP contribution in [-0.2, 0) is 11.3 Å². The number of ether oxygens (including phenoxy) is 1. The number of rotatable bonds is 4. The molecular weight excluding hydrogens is 212 g/mol. The van der Waals surface area contributed by atoms with E-state index in [1.54, 1.807) is 0 Å². The first-order chi connectivity index (χ1) is 8.28. The lowest BCUT2D eigenvalue weighted by Crippen LogP contribution is -2.39. The van der Waals surface area contributed by atoms with Crippen LogP contribution in [0.2, 0.25) is 0 Å². The average Bonchev–Trinajstić information content (AvgIpc) is 2.33. The second-order valence-electron chi connectivity index (χ2n) is 4.70. The molecule has 1 aliphatic rings. The lowest BCUT2D eigenvalue weighted by Gasteiger charge is -2.32. The first kappa shape index (κ1) is 12.4. The minimum absolute atomic E-state index is 0.419. The fraction of sp³-hybridized carbons (Fsp3) is 0.571. The van der Waals surface area contributed by atoms with Gasteiger partial charge in [-0.2, -0.15) is 0 Å². The Balaban J connectivity index is 1.87. The van der Waals surface area contributed by atoms with Gasteiger partial charge in [-0.3, -0.25) is 4.90 Å². The summed E-state index contributed by atoms with van der Waals surface area (Å²) in [4.78, 5) is 2.47. The van der Waals surface area contributed by atoms with E-state index in [1.807, 2.05) is 12.1 Å². The number of hydrogen-bond donors (Lipinski definition) is 1. The standard InChI is InChI=1S/C14H22N2O/c1-2-17-14-4-3-9-16(11-14)10-12-5-7-13(15)8-6-12/h5-8,14H,2-4,9-11,15H2,1H3. The van der Waals surface area contributed by atoms with Crippen LogP contribution in [0.3, 0.4) is 0 Å². The van der Waals surface area contributed by atoms with Gasteiger partial charge in [-0.25, -0.2) is 0 Å². The van der Waals surface area contributed by atoms with Crippen molar-refractivity contribution >= 4 is 5.69 Å². The molecule has 1 aliphatic heterocycles. The predicted octanol–water partition coefficient (Wildman–Crippen LogP) is 2.27. The summed E-state index contributed by atoms with van der Waals surface area (Å²) in [6, 6.07) is 8.16. The smallest absolute Gasteiger partial charge is 0.0702 e. The molecule has 1 saturated heterocycles. The molecule has 1 aromatic carbocycles. The number of nitrogen functional groups attached to an aromatic ring is 1. The molecule has 94 valence electrons. The Labute approximate surface area is 104 Å². The van der Waals surface area contributed by atoms with Gasteiger partial charge in [0.2, 0.25) is 0 Å². The highest BCUT2D eigenvalue weighted by atomic mass is 16.5. The molecule has 0 radical (unpaired) electrons. The lowest BCUT2D eigenvalue weighted by atomic mass is 10.1. The Morgan fingerprint density at radius 2 is 2.12 bits per heavy atom. The minimum Gasteiger partial charge on any atom is -0.399 e. The summed E-state index contributed by atoms with van der Waals surface area (Å²) in [6.45, 7) is 6.12. The first-order valence-electron chi connectivity index (χ1n) is 6.46. The summed E-state index contributed by atoms with van der Waals surface area (Å²) in [5.41, 5.74) is 7.85. The molecule has 3 nitrogen and oxygen atoms in total. The fourth-order valence-electron chi connectivity index (χ4n) is 2.41. The molecule has 0 saturated carbocycles. The van der Waals surface area contributed by atoms with E-state index in [0.717, 1.165) is 25.4 Å². The highest BCUT2D eigenvalue weighted by molar-refractivity contribution is 5.39. The number of nitrogens with two attached hydrogens (primary N) is 1. The molecule has 3 heteroatoms. The SMILES string of the molecule is CCOC1CCCN(Cc2ccc(N)cc2)C1. The predicted molar refractivity (Wildman–Crippen MR) is 70.8 cm³/mol. The van der Waals surface area contributed by atoms with Crippen molar-refractivity contribution in [3.8, 4) is 0 Å². The van der Waals surface area contributed by atoms with Gasteiger partial charge in [-0.05, 0) is 44.0 Å².